The number of aliphatic carboxylic acids is 1. The van der Waals surface area contributed by atoms with Crippen molar-refractivity contribution >= 4 is 20.3 Å². The van der Waals surface area contributed by atoms with E-state index in [2.05, 4.69) is 52.9 Å². The second-order valence-corrected chi connectivity index (χ2v) is 22.2. The third-order valence-electron chi connectivity index (χ3n) is 12.2. The summed E-state index contributed by atoms with van der Waals surface area (Å²) in [4.78, 5) is 26.0. The van der Waals surface area contributed by atoms with Crippen molar-refractivity contribution in [1.29, 1.82) is 0 Å². The summed E-state index contributed by atoms with van der Waals surface area (Å²) in [6.07, 6.45) is 8.86. The fraction of sp³-hybridized carbons (Fsp3) is 0.574. The number of hydrogen-bond donors (Lipinski definition) is 1. The van der Waals surface area contributed by atoms with Gasteiger partial charge < -0.3 is 28.5 Å². The van der Waals surface area contributed by atoms with Crippen LogP contribution in [0.4, 0.5) is 0 Å². The molecule has 0 spiro atoms. The summed E-state index contributed by atoms with van der Waals surface area (Å²) in [7, 11) is -2.24. The molecule has 1 saturated carbocycles. The van der Waals surface area contributed by atoms with Gasteiger partial charge in [-0.05, 0) is 118 Å². The van der Waals surface area contributed by atoms with Gasteiger partial charge >= 0.3 is 11.9 Å². The monoisotopic (exact) mass is 786 g/mol. The Morgan fingerprint density at radius 1 is 0.804 bits per heavy atom. The van der Waals surface area contributed by atoms with Gasteiger partial charge in [-0.15, -0.1) is 0 Å². The molecule has 8 nitrogen and oxygen atoms in total. The van der Waals surface area contributed by atoms with Crippen molar-refractivity contribution in [1.82, 2.24) is 0 Å². The molecule has 1 heterocycles. The molecule has 4 unspecified atom stereocenters. The summed E-state index contributed by atoms with van der Waals surface area (Å²) < 4.78 is 31.8. The zero-order valence-electron chi connectivity index (χ0n) is 34.6. The largest absolute Gasteiger partial charge is 0.491 e. The van der Waals surface area contributed by atoms with Crippen LogP contribution in [0, 0.1) is 11.8 Å². The zero-order valence-corrected chi connectivity index (χ0v) is 35.6. The first kappa shape index (κ1) is 43.6. The third-order valence-corrected chi connectivity index (χ3v) is 16.7. The molecule has 1 N–H and O–H groups in total. The normalized spacial score (nSPS) is 22.6. The highest BCUT2D eigenvalue weighted by Gasteiger charge is 2.46. The molecule has 1 aliphatic heterocycles. The average Bonchev–Trinajstić information content (AvgIpc) is 3.49. The molecule has 1 aliphatic carbocycles. The summed E-state index contributed by atoms with van der Waals surface area (Å²) >= 11 is 0. The van der Waals surface area contributed by atoms with Crippen molar-refractivity contribution in [3.63, 3.8) is 0 Å². The number of carbonyl (C=O) groups excluding carboxylic acids is 1. The maximum atomic E-state index is 13.8. The standard InChI is InChI=1S/C47H66O8Si/c1-34(52-38-22-12-8-13-23-38)19-18-25-40-39(24-14-9-15-26-41(45(48)49)55-56(5,6)47(2,3)4)43(33-42(40)53-44-27-16-17-32-51-44)54-46(50)37-30-28-36(29-31-37)35-20-10-7-11-21-35/h7-8,10-13,20-23,28-31,34,39-44H,9,14-19,24-27,32-33H2,1-6H3,(H,48,49)/t34?,39-,40-,41?,42?,43+,44?/m1/s1. The first-order valence-electron chi connectivity index (χ1n) is 21.1. The van der Waals surface area contributed by atoms with Crippen LogP contribution in [0.1, 0.15) is 115 Å². The molecular formula is C47H66O8Si. The van der Waals surface area contributed by atoms with E-state index in [0.717, 1.165) is 81.1 Å². The van der Waals surface area contributed by atoms with Crippen LogP contribution >= 0.6 is 0 Å². The minimum atomic E-state index is -2.24. The van der Waals surface area contributed by atoms with Crippen LogP contribution in [-0.2, 0) is 23.4 Å². The van der Waals surface area contributed by atoms with Crippen molar-refractivity contribution in [2.24, 2.45) is 11.8 Å². The predicted molar refractivity (Wildman–Crippen MR) is 224 cm³/mol. The second-order valence-electron chi connectivity index (χ2n) is 17.4. The van der Waals surface area contributed by atoms with Crippen molar-refractivity contribution in [2.45, 2.75) is 154 Å². The van der Waals surface area contributed by atoms with Gasteiger partial charge in [0.15, 0.2) is 14.6 Å². The molecular weight excluding hydrogens is 721 g/mol. The van der Waals surface area contributed by atoms with Gasteiger partial charge in [0.05, 0.1) is 17.8 Å². The minimum absolute atomic E-state index is 0.0569. The van der Waals surface area contributed by atoms with Gasteiger partial charge in [0.2, 0.25) is 0 Å². The van der Waals surface area contributed by atoms with Crippen LogP contribution in [-0.4, -0.2) is 62.7 Å². The lowest BCUT2D eigenvalue weighted by Crippen LogP contribution is -2.46. The topological polar surface area (TPSA) is 101 Å². The SMILES string of the molecule is CC(CCC[C@H]1C(OC2CCCCO2)C[C@H](OC(=O)c2ccc(-c3ccccc3)cc2)[C@@H]1CCCCCC(O[Si](C)(C)C(C)(C)C)C(=O)O)Oc1ccccc1. The fourth-order valence-corrected chi connectivity index (χ4v) is 9.24. The number of unbranched alkanes of at least 4 members (excludes halogenated alkanes) is 2. The number of rotatable bonds is 20. The number of carboxylic acid groups (broad SMARTS) is 1. The second kappa shape index (κ2) is 20.8. The van der Waals surface area contributed by atoms with Crippen molar-refractivity contribution in [2.75, 3.05) is 6.61 Å². The van der Waals surface area contributed by atoms with Gasteiger partial charge in [-0.3, -0.25) is 0 Å². The van der Waals surface area contributed by atoms with Gasteiger partial charge in [0.1, 0.15) is 18.0 Å². The minimum Gasteiger partial charge on any atom is -0.491 e. The summed E-state index contributed by atoms with van der Waals surface area (Å²) in [5, 5.41) is 9.97. The lowest BCUT2D eigenvalue weighted by molar-refractivity contribution is -0.196. The highest BCUT2D eigenvalue weighted by atomic mass is 28.4. The lowest BCUT2D eigenvalue weighted by Gasteiger charge is -2.38. The van der Waals surface area contributed by atoms with Crippen LogP contribution in [0.3, 0.4) is 0 Å². The maximum absolute atomic E-state index is 13.8. The van der Waals surface area contributed by atoms with E-state index < -0.39 is 20.4 Å². The summed E-state index contributed by atoms with van der Waals surface area (Å²) in [5.74, 6) is -0.0515. The van der Waals surface area contributed by atoms with Crippen LogP contribution < -0.4 is 4.74 Å². The highest BCUT2D eigenvalue weighted by Crippen LogP contribution is 2.44. The molecule has 0 bridgehead atoms. The Labute approximate surface area is 336 Å². The van der Waals surface area contributed by atoms with E-state index in [0.29, 0.717) is 25.0 Å². The number of hydrogen-bond acceptors (Lipinski definition) is 7. The smallest absolute Gasteiger partial charge is 0.338 e. The predicted octanol–water partition coefficient (Wildman–Crippen LogP) is 11.5. The van der Waals surface area contributed by atoms with Gasteiger partial charge in [0, 0.05) is 18.9 Å². The number of ether oxygens (including phenoxy) is 4. The Hall–Kier alpha value is -3.50. The average molecular weight is 787 g/mol. The number of carbonyl (C=O) groups is 2. The Bertz CT molecular complexity index is 1620. The van der Waals surface area contributed by atoms with Gasteiger partial charge in [-0.2, -0.15) is 0 Å². The molecule has 2 fully saturated rings. The Kier molecular flexibility index (Phi) is 16.2. The highest BCUT2D eigenvalue weighted by molar-refractivity contribution is 6.74. The van der Waals surface area contributed by atoms with Crippen LogP contribution in [0.5, 0.6) is 5.75 Å². The van der Waals surface area contributed by atoms with Crippen molar-refractivity contribution in [3.8, 4) is 16.9 Å². The van der Waals surface area contributed by atoms with E-state index in [1.165, 1.54) is 0 Å². The molecule has 7 atom stereocenters. The number of esters is 1. The van der Waals surface area contributed by atoms with Crippen molar-refractivity contribution < 1.29 is 38.1 Å². The first-order valence-corrected chi connectivity index (χ1v) is 24.0. The molecule has 9 heteroatoms. The summed E-state index contributed by atoms with van der Waals surface area (Å²) in [5.41, 5.74) is 2.68. The number of benzene rings is 3. The van der Waals surface area contributed by atoms with Gasteiger partial charge in [-0.1, -0.05) is 101 Å². The molecule has 1 saturated heterocycles. The fourth-order valence-electron chi connectivity index (χ4n) is 7.95. The van der Waals surface area contributed by atoms with E-state index in [4.69, 9.17) is 23.4 Å². The lowest BCUT2D eigenvalue weighted by atomic mass is 9.84. The van der Waals surface area contributed by atoms with E-state index in [1.54, 1.807) is 0 Å². The van der Waals surface area contributed by atoms with Gasteiger partial charge in [-0.25, -0.2) is 9.59 Å². The molecule has 306 valence electrons. The molecule has 0 amide bonds. The molecule has 5 rings (SSSR count). The van der Waals surface area contributed by atoms with Crippen LogP contribution in [0.2, 0.25) is 18.1 Å². The quantitative estimate of drug-likeness (QED) is 0.0686. The maximum Gasteiger partial charge on any atom is 0.338 e. The number of para-hydroxylation sites is 1. The molecule has 3 aromatic carbocycles. The Balaban J connectivity index is 1.28. The van der Waals surface area contributed by atoms with E-state index in [-0.39, 0.29) is 47.4 Å². The van der Waals surface area contributed by atoms with Gasteiger partial charge in [0.25, 0.3) is 0 Å². The molecule has 0 aromatic heterocycles. The summed E-state index contributed by atoms with van der Waals surface area (Å²) in [6, 6.07) is 27.7. The Morgan fingerprint density at radius 2 is 1.45 bits per heavy atom. The molecule has 0 radical (unpaired) electrons. The summed E-state index contributed by atoms with van der Waals surface area (Å²) in [6.45, 7) is 13.4. The van der Waals surface area contributed by atoms with Crippen LogP contribution in [0.25, 0.3) is 11.1 Å². The van der Waals surface area contributed by atoms with Crippen LogP contribution in [0.15, 0.2) is 84.9 Å². The molecule has 56 heavy (non-hydrogen) atoms. The van der Waals surface area contributed by atoms with E-state index >= 15 is 0 Å². The van der Waals surface area contributed by atoms with Crippen molar-refractivity contribution in [3.05, 3.63) is 90.5 Å². The zero-order chi connectivity index (χ0) is 40.1. The van der Waals surface area contributed by atoms with E-state index in [1.807, 2.05) is 72.8 Å². The first-order chi connectivity index (χ1) is 26.8. The van der Waals surface area contributed by atoms with E-state index in [9.17, 15) is 14.7 Å². The Morgan fingerprint density at radius 3 is 2.09 bits per heavy atom. The molecule has 3 aromatic rings. The molecule has 2 aliphatic rings. The number of carboxylic acids is 1. The third kappa shape index (κ3) is 12.8.